The van der Waals surface area contributed by atoms with E-state index >= 15 is 0 Å². The lowest BCUT2D eigenvalue weighted by Crippen LogP contribution is -2.20. The van der Waals surface area contributed by atoms with Crippen molar-refractivity contribution in [3.8, 4) is 5.75 Å². The minimum absolute atomic E-state index is 0.0515. The first-order chi connectivity index (χ1) is 8.85. The molecule has 1 rings (SSSR count). The molecule has 19 heavy (non-hydrogen) atoms. The quantitative estimate of drug-likeness (QED) is 0.811. The first-order valence-electron chi connectivity index (χ1n) is 5.94. The van der Waals surface area contributed by atoms with Gasteiger partial charge in [-0.1, -0.05) is 19.1 Å². The third-order valence-corrected chi connectivity index (χ3v) is 2.67. The van der Waals surface area contributed by atoms with E-state index in [0.717, 1.165) is 6.07 Å². The van der Waals surface area contributed by atoms with Crippen molar-refractivity contribution in [2.24, 2.45) is 11.7 Å². The molecule has 1 unspecified atom stereocenters. The highest BCUT2D eigenvalue weighted by molar-refractivity contribution is 6.00. The van der Waals surface area contributed by atoms with Crippen molar-refractivity contribution < 1.29 is 22.7 Å². The number of ketones is 1. The minimum Gasteiger partial charge on any atom is -0.405 e. The third kappa shape index (κ3) is 4.90. The maximum Gasteiger partial charge on any atom is 0.573 e. The van der Waals surface area contributed by atoms with Crippen molar-refractivity contribution in [2.45, 2.75) is 26.1 Å². The Morgan fingerprint density at radius 3 is 2.58 bits per heavy atom. The van der Waals surface area contributed by atoms with Crippen molar-refractivity contribution >= 4 is 5.78 Å². The first-order valence-corrected chi connectivity index (χ1v) is 5.94. The summed E-state index contributed by atoms with van der Waals surface area (Å²) in [4.78, 5) is 12.1. The second-order valence-corrected chi connectivity index (χ2v) is 4.24. The predicted molar refractivity (Wildman–Crippen MR) is 64.9 cm³/mol. The Morgan fingerprint density at radius 1 is 1.37 bits per heavy atom. The minimum atomic E-state index is -4.81. The highest BCUT2D eigenvalue weighted by Gasteiger charge is 2.33. The van der Waals surface area contributed by atoms with Gasteiger partial charge in [-0.2, -0.15) is 0 Å². The summed E-state index contributed by atoms with van der Waals surface area (Å²) in [6.45, 7) is 2.11. The fourth-order valence-electron chi connectivity index (χ4n) is 1.70. The third-order valence-electron chi connectivity index (χ3n) is 2.67. The number of hydrogen-bond donors (Lipinski definition) is 1. The molecule has 0 fully saturated rings. The summed E-state index contributed by atoms with van der Waals surface area (Å²) in [6.07, 6.45) is -3.62. The zero-order chi connectivity index (χ0) is 14.5. The number of alkyl halides is 3. The molecule has 3 nitrogen and oxygen atoms in total. The molecule has 0 aromatic heterocycles. The Labute approximate surface area is 109 Å². The summed E-state index contributed by atoms with van der Waals surface area (Å²) >= 11 is 0. The van der Waals surface area contributed by atoms with E-state index < -0.39 is 12.1 Å². The van der Waals surface area contributed by atoms with E-state index in [4.69, 9.17) is 5.73 Å². The summed E-state index contributed by atoms with van der Waals surface area (Å²) in [7, 11) is 0. The molecule has 0 aliphatic carbocycles. The number of nitrogens with two attached hydrogens (primary N) is 1. The molecule has 0 bridgehead atoms. The molecule has 0 heterocycles. The van der Waals surface area contributed by atoms with Gasteiger partial charge < -0.3 is 10.5 Å². The SMILES string of the molecule is CC(CCCN)C(=O)c1ccccc1OC(F)(F)F. The van der Waals surface area contributed by atoms with Gasteiger partial charge in [0.25, 0.3) is 0 Å². The van der Waals surface area contributed by atoms with E-state index in [0.29, 0.717) is 19.4 Å². The normalized spacial score (nSPS) is 13.1. The van der Waals surface area contributed by atoms with Crippen molar-refractivity contribution in [3.63, 3.8) is 0 Å². The van der Waals surface area contributed by atoms with Crippen LogP contribution in [0.25, 0.3) is 0 Å². The van der Waals surface area contributed by atoms with Crippen LogP contribution in [-0.4, -0.2) is 18.7 Å². The summed E-state index contributed by atoms with van der Waals surface area (Å²) in [5, 5.41) is 0. The van der Waals surface area contributed by atoms with Crippen LogP contribution in [0.2, 0.25) is 0 Å². The molecule has 0 aliphatic heterocycles. The van der Waals surface area contributed by atoms with Gasteiger partial charge in [-0.3, -0.25) is 4.79 Å². The smallest absolute Gasteiger partial charge is 0.405 e. The van der Waals surface area contributed by atoms with Gasteiger partial charge in [0.05, 0.1) is 5.56 Å². The molecule has 106 valence electrons. The summed E-state index contributed by atoms with van der Waals surface area (Å²) in [5.41, 5.74) is 5.29. The summed E-state index contributed by atoms with van der Waals surface area (Å²) < 4.78 is 40.6. The van der Waals surface area contributed by atoms with Gasteiger partial charge in [0.1, 0.15) is 5.75 Å². The Bertz CT molecular complexity index is 432. The number of benzene rings is 1. The number of hydrogen-bond acceptors (Lipinski definition) is 3. The molecular weight excluding hydrogens is 259 g/mol. The number of para-hydroxylation sites is 1. The van der Waals surface area contributed by atoms with E-state index in [1.807, 2.05) is 0 Å². The molecule has 0 spiro atoms. The zero-order valence-electron chi connectivity index (χ0n) is 10.5. The second kappa shape index (κ2) is 6.56. The van der Waals surface area contributed by atoms with E-state index in [9.17, 15) is 18.0 Å². The zero-order valence-corrected chi connectivity index (χ0v) is 10.5. The molecule has 0 radical (unpaired) electrons. The highest BCUT2D eigenvalue weighted by atomic mass is 19.4. The number of carbonyl (C=O) groups is 1. The number of halogens is 3. The van der Waals surface area contributed by atoms with Crippen LogP contribution in [0, 0.1) is 5.92 Å². The second-order valence-electron chi connectivity index (χ2n) is 4.24. The average molecular weight is 275 g/mol. The lowest BCUT2D eigenvalue weighted by Gasteiger charge is -2.15. The monoisotopic (exact) mass is 275 g/mol. The maximum absolute atomic E-state index is 12.2. The fourth-order valence-corrected chi connectivity index (χ4v) is 1.70. The Morgan fingerprint density at radius 2 is 2.00 bits per heavy atom. The Balaban J connectivity index is 2.90. The topological polar surface area (TPSA) is 52.3 Å². The number of rotatable bonds is 6. The van der Waals surface area contributed by atoms with Crippen LogP contribution >= 0.6 is 0 Å². The van der Waals surface area contributed by atoms with Crippen LogP contribution in [0.5, 0.6) is 5.75 Å². The van der Waals surface area contributed by atoms with Crippen LogP contribution in [0.3, 0.4) is 0 Å². The van der Waals surface area contributed by atoms with Gasteiger partial charge >= 0.3 is 6.36 Å². The number of Topliss-reactive ketones (excluding diaryl/α,β-unsaturated/α-hetero) is 1. The van der Waals surface area contributed by atoms with Crippen molar-refractivity contribution in [1.82, 2.24) is 0 Å². The summed E-state index contributed by atoms with van der Waals surface area (Å²) in [6, 6.07) is 5.37. The largest absolute Gasteiger partial charge is 0.573 e. The molecule has 1 aromatic carbocycles. The average Bonchev–Trinajstić information content (AvgIpc) is 2.34. The van der Waals surface area contributed by atoms with Gasteiger partial charge in [-0.25, -0.2) is 0 Å². The fraction of sp³-hybridized carbons (Fsp3) is 0.462. The molecule has 1 atom stereocenters. The van der Waals surface area contributed by atoms with Gasteiger partial charge in [-0.15, -0.1) is 13.2 Å². The molecule has 0 aliphatic rings. The van der Waals surface area contributed by atoms with Crippen LogP contribution in [-0.2, 0) is 0 Å². The molecular formula is C13H16F3NO2. The van der Waals surface area contributed by atoms with Gasteiger partial charge in [0.2, 0.25) is 0 Å². The molecule has 2 N–H and O–H groups in total. The van der Waals surface area contributed by atoms with Gasteiger partial charge in [0.15, 0.2) is 5.78 Å². The molecule has 0 saturated carbocycles. The van der Waals surface area contributed by atoms with Crippen molar-refractivity contribution in [1.29, 1.82) is 0 Å². The van der Waals surface area contributed by atoms with E-state index in [-0.39, 0.29) is 17.3 Å². The van der Waals surface area contributed by atoms with Crippen LogP contribution in [0.4, 0.5) is 13.2 Å². The lowest BCUT2D eigenvalue weighted by molar-refractivity contribution is -0.274. The molecule has 0 amide bonds. The number of ether oxygens (including phenoxy) is 1. The van der Waals surface area contributed by atoms with E-state index in [1.54, 1.807) is 6.92 Å². The molecule has 6 heteroatoms. The molecule has 0 saturated heterocycles. The van der Waals surface area contributed by atoms with E-state index in [1.165, 1.54) is 18.2 Å². The van der Waals surface area contributed by atoms with Crippen molar-refractivity contribution in [3.05, 3.63) is 29.8 Å². The maximum atomic E-state index is 12.2. The Hall–Kier alpha value is -1.56. The molecule has 1 aromatic rings. The van der Waals surface area contributed by atoms with E-state index in [2.05, 4.69) is 4.74 Å². The lowest BCUT2D eigenvalue weighted by atomic mass is 9.94. The van der Waals surface area contributed by atoms with Crippen LogP contribution in [0.1, 0.15) is 30.1 Å². The van der Waals surface area contributed by atoms with Gasteiger partial charge in [0, 0.05) is 5.92 Å². The van der Waals surface area contributed by atoms with Crippen molar-refractivity contribution in [2.75, 3.05) is 6.54 Å². The summed E-state index contributed by atoms with van der Waals surface area (Å²) in [5.74, 6) is -1.21. The predicted octanol–water partition coefficient (Wildman–Crippen LogP) is 3.14. The number of carbonyl (C=O) groups excluding carboxylic acids is 1. The standard InChI is InChI=1S/C13H16F3NO2/c1-9(5-4-8-17)12(18)10-6-2-3-7-11(10)19-13(14,15)16/h2-3,6-7,9H,4-5,8,17H2,1H3. The first kappa shape index (κ1) is 15.5. The highest BCUT2D eigenvalue weighted by Crippen LogP contribution is 2.28. The van der Waals surface area contributed by atoms with Crippen LogP contribution < -0.4 is 10.5 Å². The Kier molecular flexibility index (Phi) is 5.35. The van der Waals surface area contributed by atoms with Gasteiger partial charge in [-0.05, 0) is 31.5 Å². The van der Waals surface area contributed by atoms with Crippen LogP contribution in [0.15, 0.2) is 24.3 Å².